The van der Waals surface area contributed by atoms with Crippen LogP contribution in [0.3, 0.4) is 0 Å². The van der Waals surface area contributed by atoms with Gasteiger partial charge >= 0.3 is 0 Å². The number of pyridine rings is 1. The molecule has 0 aliphatic carbocycles. The molecule has 0 amide bonds. The van der Waals surface area contributed by atoms with E-state index in [1.807, 2.05) is 55.5 Å². The number of aromatic nitrogens is 1. The SMILES string of the molecule is CCc1cc2c(nc1CC)CCN(CCC(C)=NOC[C@H]1O[C@H](c3ccccc3)C=C[C@H]1Oc1ccc(OC)cc1)C2. The third-order valence-corrected chi connectivity index (χ3v) is 8.01. The van der Waals surface area contributed by atoms with Crippen molar-refractivity contribution in [2.75, 3.05) is 26.8 Å². The van der Waals surface area contributed by atoms with E-state index in [2.05, 4.69) is 48.2 Å². The molecule has 2 aliphatic rings. The second kappa shape index (κ2) is 14.5. The van der Waals surface area contributed by atoms with Crippen LogP contribution < -0.4 is 9.47 Å². The predicted molar refractivity (Wildman–Crippen MR) is 166 cm³/mol. The van der Waals surface area contributed by atoms with E-state index in [0.717, 1.165) is 68.1 Å². The Balaban J connectivity index is 1.17. The number of oxime groups is 1. The Morgan fingerprint density at radius 3 is 2.55 bits per heavy atom. The summed E-state index contributed by atoms with van der Waals surface area (Å²) in [6, 6.07) is 20.1. The molecule has 0 saturated heterocycles. The Morgan fingerprint density at radius 2 is 1.81 bits per heavy atom. The van der Waals surface area contributed by atoms with E-state index < -0.39 is 0 Å². The zero-order valence-corrected chi connectivity index (χ0v) is 25.3. The maximum Gasteiger partial charge on any atom is 0.147 e. The highest BCUT2D eigenvalue weighted by molar-refractivity contribution is 5.81. The molecule has 222 valence electrons. The van der Waals surface area contributed by atoms with Gasteiger partial charge in [0.25, 0.3) is 0 Å². The van der Waals surface area contributed by atoms with Crippen molar-refractivity contribution in [3.63, 3.8) is 0 Å². The molecular weight excluding hydrogens is 526 g/mol. The van der Waals surface area contributed by atoms with Gasteiger partial charge in [0.2, 0.25) is 0 Å². The van der Waals surface area contributed by atoms with Crippen LogP contribution in [0.5, 0.6) is 11.5 Å². The van der Waals surface area contributed by atoms with Crippen LogP contribution in [-0.2, 0) is 35.4 Å². The first-order valence-corrected chi connectivity index (χ1v) is 15.1. The van der Waals surface area contributed by atoms with Crippen LogP contribution in [0.15, 0.2) is 78.0 Å². The number of ether oxygens (including phenoxy) is 3. The predicted octanol–water partition coefficient (Wildman–Crippen LogP) is 6.50. The third kappa shape index (κ3) is 7.58. The van der Waals surface area contributed by atoms with Gasteiger partial charge in [-0.3, -0.25) is 9.88 Å². The molecule has 0 spiro atoms. The molecular formula is C35H43N3O4. The molecule has 3 aromatic rings. The van der Waals surface area contributed by atoms with Gasteiger partial charge in [-0.1, -0.05) is 61.5 Å². The first-order chi connectivity index (χ1) is 20.6. The maximum atomic E-state index is 6.46. The van der Waals surface area contributed by atoms with Crippen molar-refractivity contribution in [1.29, 1.82) is 0 Å². The summed E-state index contributed by atoms with van der Waals surface area (Å²) in [5.74, 6) is 1.53. The smallest absolute Gasteiger partial charge is 0.147 e. The van der Waals surface area contributed by atoms with Crippen LogP contribution in [0.1, 0.15) is 61.4 Å². The van der Waals surface area contributed by atoms with E-state index in [1.54, 1.807) is 7.11 Å². The molecule has 3 atom stereocenters. The summed E-state index contributed by atoms with van der Waals surface area (Å²) in [4.78, 5) is 13.3. The van der Waals surface area contributed by atoms with Gasteiger partial charge < -0.3 is 19.0 Å². The quantitative estimate of drug-likeness (QED) is 0.141. The van der Waals surface area contributed by atoms with Crippen LogP contribution in [-0.4, -0.2) is 54.6 Å². The summed E-state index contributed by atoms with van der Waals surface area (Å²) >= 11 is 0. The summed E-state index contributed by atoms with van der Waals surface area (Å²) in [6.45, 7) is 9.64. The highest BCUT2D eigenvalue weighted by Gasteiger charge is 2.30. The summed E-state index contributed by atoms with van der Waals surface area (Å²) in [5, 5.41) is 4.46. The van der Waals surface area contributed by atoms with E-state index in [0.29, 0.717) is 0 Å². The highest BCUT2D eigenvalue weighted by atomic mass is 16.6. The average Bonchev–Trinajstić information content (AvgIpc) is 3.04. The highest BCUT2D eigenvalue weighted by Crippen LogP contribution is 2.29. The number of nitrogens with zero attached hydrogens (tertiary/aromatic N) is 3. The van der Waals surface area contributed by atoms with Crippen molar-refractivity contribution < 1.29 is 19.0 Å². The normalized spacial score (nSPS) is 20.7. The molecule has 2 aliphatic heterocycles. The molecule has 2 aromatic carbocycles. The Kier molecular flexibility index (Phi) is 10.3. The van der Waals surface area contributed by atoms with Crippen molar-refractivity contribution in [2.45, 2.75) is 71.3 Å². The fourth-order valence-electron chi connectivity index (χ4n) is 5.55. The fourth-order valence-corrected chi connectivity index (χ4v) is 5.55. The van der Waals surface area contributed by atoms with Crippen LogP contribution in [0.25, 0.3) is 0 Å². The van der Waals surface area contributed by atoms with Crippen molar-refractivity contribution in [1.82, 2.24) is 9.88 Å². The molecule has 0 saturated carbocycles. The van der Waals surface area contributed by atoms with E-state index in [-0.39, 0.29) is 24.9 Å². The number of hydrogen-bond acceptors (Lipinski definition) is 7. The van der Waals surface area contributed by atoms with Crippen LogP contribution >= 0.6 is 0 Å². The van der Waals surface area contributed by atoms with Crippen molar-refractivity contribution in [2.24, 2.45) is 5.16 Å². The minimum atomic E-state index is -0.328. The summed E-state index contributed by atoms with van der Waals surface area (Å²) in [7, 11) is 1.65. The van der Waals surface area contributed by atoms with Gasteiger partial charge in [0.15, 0.2) is 0 Å². The van der Waals surface area contributed by atoms with Gasteiger partial charge in [-0.2, -0.15) is 0 Å². The largest absolute Gasteiger partial charge is 0.497 e. The number of aryl methyl sites for hydroxylation is 2. The zero-order valence-electron chi connectivity index (χ0n) is 25.3. The fraction of sp³-hybridized carbons (Fsp3) is 0.429. The average molecular weight is 570 g/mol. The van der Waals surface area contributed by atoms with Gasteiger partial charge in [-0.05, 0) is 66.8 Å². The molecule has 0 N–H and O–H groups in total. The zero-order chi connectivity index (χ0) is 29.3. The van der Waals surface area contributed by atoms with Crippen LogP contribution in [0.2, 0.25) is 0 Å². The topological polar surface area (TPSA) is 65.4 Å². The molecule has 0 unspecified atom stereocenters. The van der Waals surface area contributed by atoms with Gasteiger partial charge in [0.05, 0.1) is 12.8 Å². The lowest BCUT2D eigenvalue weighted by atomic mass is 9.99. The minimum absolute atomic E-state index is 0.168. The van der Waals surface area contributed by atoms with Gasteiger partial charge in [0.1, 0.15) is 36.4 Å². The monoisotopic (exact) mass is 569 g/mol. The first-order valence-electron chi connectivity index (χ1n) is 15.1. The van der Waals surface area contributed by atoms with Crippen molar-refractivity contribution >= 4 is 5.71 Å². The van der Waals surface area contributed by atoms with Gasteiger partial charge in [-0.15, -0.1) is 0 Å². The second-order valence-electron chi connectivity index (χ2n) is 11.0. The Morgan fingerprint density at radius 1 is 1.02 bits per heavy atom. The summed E-state index contributed by atoms with van der Waals surface area (Å²) in [5.41, 5.74) is 7.35. The van der Waals surface area contributed by atoms with Crippen LogP contribution in [0, 0.1) is 0 Å². The Bertz CT molecular complexity index is 1360. The van der Waals surface area contributed by atoms with E-state index in [9.17, 15) is 0 Å². The first kappa shape index (κ1) is 29.8. The van der Waals surface area contributed by atoms with Gasteiger partial charge in [-0.25, -0.2) is 0 Å². The summed E-state index contributed by atoms with van der Waals surface area (Å²) < 4.78 is 18.0. The number of methoxy groups -OCH3 is 1. The number of rotatable bonds is 12. The summed E-state index contributed by atoms with van der Waals surface area (Å²) in [6.07, 6.45) is 7.19. The molecule has 1 aromatic heterocycles. The molecule has 0 fully saturated rings. The third-order valence-electron chi connectivity index (χ3n) is 8.01. The number of hydrogen-bond donors (Lipinski definition) is 0. The molecule has 7 nitrogen and oxygen atoms in total. The Hall–Kier alpha value is -3.68. The van der Waals surface area contributed by atoms with Crippen LogP contribution in [0.4, 0.5) is 0 Å². The lowest BCUT2D eigenvalue weighted by Crippen LogP contribution is -2.39. The van der Waals surface area contributed by atoms with E-state index in [4.69, 9.17) is 24.0 Å². The molecule has 0 radical (unpaired) electrons. The number of fused-ring (bicyclic) bond motifs is 1. The molecule has 3 heterocycles. The van der Waals surface area contributed by atoms with Gasteiger partial charge in [0, 0.05) is 43.9 Å². The molecule has 5 rings (SSSR count). The maximum absolute atomic E-state index is 6.46. The molecule has 0 bridgehead atoms. The lowest BCUT2D eigenvalue weighted by Gasteiger charge is -2.32. The van der Waals surface area contributed by atoms with E-state index >= 15 is 0 Å². The molecule has 42 heavy (non-hydrogen) atoms. The Labute approximate surface area is 250 Å². The molecule has 7 heteroatoms. The lowest BCUT2D eigenvalue weighted by molar-refractivity contribution is -0.0878. The standard InChI is InChI=1S/C35H43N3O4/c1-5-26-22-28-23-38(21-19-32(28)36-31(26)6-2)20-18-25(3)37-40-24-35-34(41-30-14-12-29(39-4)13-15-30)17-16-33(42-35)27-10-8-7-9-11-27/h7-17,22,33-35H,5-6,18-21,23-24H2,1-4H3/t33-,34+,35+/m0/s1. The minimum Gasteiger partial charge on any atom is -0.497 e. The van der Waals surface area contributed by atoms with E-state index in [1.165, 1.54) is 22.5 Å². The number of benzene rings is 2. The van der Waals surface area contributed by atoms with Crippen molar-refractivity contribution in [3.8, 4) is 11.5 Å². The second-order valence-corrected chi connectivity index (χ2v) is 11.0. The van der Waals surface area contributed by atoms with Crippen molar-refractivity contribution in [3.05, 3.63) is 101 Å².